The van der Waals surface area contributed by atoms with Gasteiger partial charge in [0.1, 0.15) is 11.7 Å². The van der Waals surface area contributed by atoms with Crippen LogP contribution in [-0.2, 0) is 9.59 Å². The summed E-state index contributed by atoms with van der Waals surface area (Å²) in [6.45, 7) is 3.32. The lowest BCUT2D eigenvalue weighted by atomic mass is 10.0. The van der Waals surface area contributed by atoms with Crippen LogP contribution in [0.15, 0.2) is 16.6 Å². The molecule has 0 bridgehead atoms. The number of urea groups is 1. The maximum atomic E-state index is 13.6. The Kier molecular flexibility index (Phi) is 3.89. The molecule has 0 saturated carbocycles. The molecule has 106 valence electrons. The molecule has 1 aromatic rings. The number of hydrogen-bond donors (Lipinski definition) is 1. The normalized spacial score (nSPS) is 19.3. The van der Waals surface area contributed by atoms with Crippen LogP contribution in [-0.4, -0.2) is 17.8 Å². The highest BCUT2D eigenvalue weighted by Gasteiger charge is 2.40. The van der Waals surface area contributed by atoms with Gasteiger partial charge in [-0.1, -0.05) is 6.92 Å². The third-order valence-electron chi connectivity index (χ3n) is 3.16. The van der Waals surface area contributed by atoms with Crippen LogP contribution in [0.1, 0.15) is 18.9 Å². The summed E-state index contributed by atoms with van der Waals surface area (Å²) in [6, 6.07) is 1.72. The molecule has 1 N–H and O–H groups in total. The molecule has 0 radical (unpaired) electrons. The van der Waals surface area contributed by atoms with Gasteiger partial charge >= 0.3 is 6.03 Å². The molecule has 5 nitrogen and oxygen atoms in total. The summed E-state index contributed by atoms with van der Waals surface area (Å²) in [6.07, 6.45) is 0.270. The first kappa shape index (κ1) is 14.6. The third kappa shape index (κ3) is 2.33. The Morgan fingerprint density at radius 2 is 2.00 bits per heavy atom. The minimum Gasteiger partial charge on any atom is -0.277 e. The van der Waals surface area contributed by atoms with Crippen molar-refractivity contribution >= 4 is 39.5 Å². The van der Waals surface area contributed by atoms with E-state index in [4.69, 9.17) is 0 Å². The van der Waals surface area contributed by atoms with Gasteiger partial charge in [0, 0.05) is 0 Å². The molecule has 1 aliphatic rings. The second-order valence-corrected chi connectivity index (χ2v) is 5.34. The van der Waals surface area contributed by atoms with E-state index in [1.807, 2.05) is 0 Å². The van der Waals surface area contributed by atoms with Crippen molar-refractivity contribution in [2.24, 2.45) is 5.92 Å². The average molecular weight is 343 g/mol. The summed E-state index contributed by atoms with van der Waals surface area (Å²) in [5.41, 5.74) is 0.685. The first-order chi connectivity index (χ1) is 9.36. The van der Waals surface area contributed by atoms with Crippen molar-refractivity contribution in [3.63, 3.8) is 0 Å². The van der Waals surface area contributed by atoms with Crippen molar-refractivity contribution in [1.29, 1.82) is 0 Å². The van der Waals surface area contributed by atoms with Gasteiger partial charge in [-0.05, 0) is 47.0 Å². The lowest BCUT2D eigenvalue weighted by Gasteiger charge is -2.30. The number of barbiturate groups is 1. The van der Waals surface area contributed by atoms with Gasteiger partial charge in [-0.2, -0.15) is 0 Å². The fraction of sp³-hybridized carbons (Fsp3) is 0.308. The van der Waals surface area contributed by atoms with E-state index >= 15 is 0 Å². The summed E-state index contributed by atoms with van der Waals surface area (Å²) in [5.74, 6) is -2.77. The second kappa shape index (κ2) is 5.32. The molecule has 1 heterocycles. The molecular weight excluding hydrogens is 331 g/mol. The quantitative estimate of drug-likeness (QED) is 0.839. The Bertz CT molecular complexity index is 618. The van der Waals surface area contributed by atoms with Gasteiger partial charge in [0.05, 0.1) is 10.2 Å². The Balaban J connectivity index is 2.50. The standard InChI is InChI=1S/C13H12BrFN2O3/c1-3-7-11(18)16-13(20)17(12(7)19)10-5-9(15)8(14)4-6(10)2/h4-5,7H,3H2,1-2H3,(H,16,18,20). The summed E-state index contributed by atoms with van der Waals surface area (Å²) in [7, 11) is 0. The molecule has 4 amide bonds. The zero-order valence-electron chi connectivity index (χ0n) is 10.9. The van der Waals surface area contributed by atoms with Crippen molar-refractivity contribution in [2.45, 2.75) is 20.3 Å². The summed E-state index contributed by atoms with van der Waals surface area (Å²) in [5, 5.41) is 2.11. The molecule has 1 fully saturated rings. The molecule has 0 aromatic heterocycles. The van der Waals surface area contributed by atoms with Crippen LogP contribution in [0.5, 0.6) is 0 Å². The number of hydrogen-bond acceptors (Lipinski definition) is 3. The first-order valence-corrected chi connectivity index (χ1v) is 6.80. The van der Waals surface area contributed by atoms with Crippen molar-refractivity contribution in [1.82, 2.24) is 5.32 Å². The zero-order valence-corrected chi connectivity index (χ0v) is 12.5. The fourth-order valence-corrected chi connectivity index (χ4v) is 2.54. The van der Waals surface area contributed by atoms with Gasteiger partial charge in [-0.15, -0.1) is 0 Å². The first-order valence-electron chi connectivity index (χ1n) is 6.01. The van der Waals surface area contributed by atoms with Crippen LogP contribution in [0.4, 0.5) is 14.9 Å². The Hall–Kier alpha value is -1.76. The van der Waals surface area contributed by atoms with Gasteiger partial charge in [-0.3, -0.25) is 14.9 Å². The number of amides is 4. The number of carbonyl (C=O) groups excluding carboxylic acids is 3. The van der Waals surface area contributed by atoms with Gasteiger partial charge in [-0.25, -0.2) is 14.1 Å². The predicted molar refractivity (Wildman–Crippen MR) is 73.6 cm³/mol. The fourth-order valence-electron chi connectivity index (χ4n) is 2.08. The Morgan fingerprint density at radius 1 is 1.35 bits per heavy atom. The van der Waals surface area contributed by atoms with Crippen LogP contribution in [0.25, 0.3) is 0 Å². The van der Waals surface area contributed by atoms with E-state index in [1.165, 1.54) is 6.07 Å². The highest BCUT2D eigenvalue weighted by atomic mass is 79.9. The molecule has 1 atom stereocenters. The molecule has 7 heteroatoms. The molecule has 1 aliphatic heterocycles. The lowest BCUT2D eigenvalue weighted by Crippen LogP contribution is -2.58. The highest BCUT2D eigenvalue weighted by molar-refractivity contribution is 9.10. The SMILES string of the molecule is CCC1C(=O)NC(=O)N(c2cc(F)c(Br)cc2C)C1=O. The van der Waals surface area contributed by atoms with Crippen molar-refractivity contribution in [2.75, 3.05) is 4.90 Å². The largest absolute Gasteiger partial charge is 0.335 e. The van der Waals surface area contributed by atoms with Crippen LogP contribution < -0.4 is 10.2 Å². The number of carbonyl (C=O) groups is 3. The summed E-state index contributed by atoms with van der Waals surface area (Å²) < 4.78 is 13.9. The second-order valence-electron chi connectivity index (χ2n) is 4.48. The monoisotopic (exact) mass is 342 g/mol. The summed E-state index contributed by atoms with van der Waals surface area (Å²) >= 11 is 3.04. The molecule has 20 heavy (non-hydrogen) atoms. The number of nitrogens with one attached hydrogen (secondary N) is 1. The average Bonchev–Trinajstić information content (AvgIpc) is 2.35. The minimum atomic E-state index is -0.932. The zero-order chi connectivity index (χ0) is 15.0. The maximum Gasteiger partial charge on any atom is 0.335 e. The van der Waals surface area contributed by atoms with Crippen LogP contribution in [0.2, 0.25) is 0 Å². The maximum absolute atomic E-state index is 13.6. The number of aryl methyl sites for hydroxylation is 1. The van der Waals surface area contributed by atoms with Crippen molar-refractivity contribution in [3.05, 3.63) is 28.0 Å². The Labute approximate surface area is 123 Å². The molecule has 1 aromatic carbocycles. The third-order valence-corrected chi connectivity index (χ3v) is 3.76. The van der Waals surface area contributed by atoms with Crippen LogP contribution in [0.3, 0.4) is 0 Å². The van der Waals surface area contributed by atoms with E-state index in [0.29, 0.717) is 5.56 Å². The number of benzene rings is 1. The number of anilines is 1. The number of imide groups is 2. The van der Waals surface area contributed by atoms with E-state index in [9.17, 15) is 18.8 Å². The molecule has 0 spiro atoms. The van der Waals surface area contributed by atoms with Crippen LogP contribution >= 0.6 is 15.9 Å². The minimum absolute atomic E-state index is 0.138. The smallest absolute Gasteiger partial charge is 0.277 e. The molecular formula is C13H12BrFN2O3. The van der Waals surface area contributed by atoms with Crippen molar-refractivity contribution < 1.29 is 18.8 Å². The van der Waals surface area contributed by atoms with E-state index in [2.05, 4.69) is 21.2 Å². The predicted octanol–water partition coefficient (Wildman–Crippen LogP) is 2.51. The van der Waals surface area contributed by atoms with Crippen molar-refractivity contribution in [3.8, 4) is 0 Å². The number of rotatable bonds is 2. The van der Waals surface area contributed by atoms with Gasteiger partial charge < -0.3 is 0 Å². The van der Waals surface area contributed by atoms with Crippen LogP contribution in [0, 0.1) is 18.7 Å². The number of halogens is 2. The molecule has 0 aliphatic carbocycles. The van der Waals surface area contributed by atoms with Gasteiger partial charge in [0.2, 0.25) is 11.8 Å². The Morgan fingerprint density at radius 3 is 2.60 bits per heavy atom. The summed E-state index contributed by atoms with van der Waals surface area (Å²) in [4.78, 5) is 36.5. The van der Waals surface area contributed by atoms with Gasteiger partial charge in [0.25, 0.3) is 0 Å². The van der Waals surface area contributed by atoms with E-state index in [1.54, 1.807) is 13.8 Å². The lowest BCUT2D eigenvalue weighted by molar-refractivity contribution is -0.134. The molecule has 2 rings (SSSR count). The van der Waals surface area contributed by atoms with E-state index in [-0.39, 0.29) is 16.6 Å². The highest BCUT2D eigenvalue weighted by Crippen LogP contribution is 2.29. The number of nitrogens with zero attached hydrogens (tertiary/aromatic N) is 1. The van der Waals surface area contributed by atoms with E-state index < -0.39 is 29.6 Å². The van der Waals surface area contributed by atoms with E-state index in [0.717, 1.165) is 11.0 Å². The topological polar surface area (TPSA) is 66.5 Å². The van der Waals surface area contributed by atoms with Gasteiger partial charge in [0.15, 0.2) is 0 Å². The molecule has 1 saturated heterocycles. The molecule has 1 unspecified atom stereocenters.